The van der Waals surface area contributed by atoms with E-state index in [1.165, 1.54) is 56.2 Å². The standard InChI is InChI=1S/C19H17Cl2NO6/c1-10(23)22(9-12-6-13(20)7-16(21)18(12)25)14-4-5-15(19(26)27-3)17(8-14)28-11(2)24/h4-8,25H,9H2,1-3H3. The highest BCUT2D eigenvalue weighted by Gasteiger charge is 2.21. The molecule has 28 heavy (non-hydrogen) atoms. The van der Waals surface area contributed by atoms with Crippen molar-refractivity contribution in [1.82, 2.24) is 0 Å². The van der Waals surface area contributed by atoms with Crippen LogP contribution in [-0.2, 0) is 20.9 Å². The first-order chi connectivity index (χ1) is 13.1. The summed E-state index contributed by atoms with van der Waals surface area (Å²) in [4.78, 5) is 36.8. The predicted octanol–water partition coefficient (Wildman–Crippen LogP) is 3.96. The SMILES string of the molecule is COC(=O)c1ccc(N(Cc2cc(Cl)cc(Cl)c2O)C(C)=O)cc1OC(C)=O. The van der Waals surface area contributed by atoms with Crippen molar-refractivity contribution >= 4 is 46.7 Å². The van der Waals surface area contributed by atoms with Gasteiger partial charge in [-0.25, -0.2) is 4.79 Å². The zero-order chi connectivity index (χ0) is 21.0. The molecule has 2 aromatic carbocycles. The number of phenols is 1. The van der Waals surface area contributed by atoms with E-state index in [2.05, 4.69) is 4.74 Å². The molecule has 9 heteroatoms. The molecule has 2 aromatic rings. The van der Waals surface area contributed by atoms with Gasteiger partial charge in [-0.3, -0.25) is 9.59 Å². The third-order valence-electron chi connectivity index (χ3n) is 3.75. The molecule has 1 N–H and O–H groups in total. The maximum Gasteiger partial charge on any atom is 0.341 e. The second-order valence-corrected chi connectivity index (χ2v) is 6.61. The Morgan fingerprint density at radius 3 is 2.36 bits per heavy atom. The number of methoxy groups -OCH3 is 1. The molecule has 7 nitrogen and oxygen atoms in total. The summed E-state index contributed by atoms with van der Waals surface area (Å²) in [6.45, 7) is 2.45. The summed E-state index contributed by atoms with van der Waals surface area (Å²) >= 11 is 11.9. The highest BCUT2D eigenvalue weighted by Crippen LogP contribution is 2.34. The Balaban J connectivity index is 2.50. The number of hydrogen-bond acceptors (Lipinski definition) is 6. The fourth-order valence-corrected chi connectivity index (χ4v) is 3.03. The number of anilines is 1. The number of halogens is 2. The molecule has 0 aromatic heterocycles. The van der Waals surface area contributed by atoms with E-state index in [0.717, 1.165) is 0 Å². The number of ether oxygens (including phenoxy) is 2. The minimum absolute atomic E-state index is 0.0265. The Morgan fingerprint density at radius 2 is 1.79 bits per heavy atom. The summed E-state index contributed by atoms with van der Waals surface area (Å²) in [6.07, 6.45) is 0. The highest BCUT2D eigenvalue weighted by atomic mass is 35.5. The van der Waals surface area contributed by atoms with E-state index in [1.54, 1.807) is 0 Å². The molecular weight excluding hydrogens is 409 g/mol. The van der Waals surface area contributed by atoms with E-state index in [0.29, 0.717) is 16.3 Å². The van der Waals surface area contributed by atoms with Crippen molar-refractivity contribution in [3.05, 3.63) is 51.5 Å². The van der Waals surface area contributed by atoms with Crippen molar-refractivity contribution in [2.75, 3.05) is 12.0 Å². The zero-order valence-corrected chi connectivity index (χ0v) is 16.8. The van der Waals surface area contributed by atoms with Gasteiger partial charge in [0.15, 0.2) is 0 Å². The van der Waals surface area contributed by atoms with Crippen molar-refractivity contribution < 1.29 is 29.0 Å². The lowest BCUT2D eigenvalue weighted by atomic mass is 10.1. The first kappa shape index (κ1) is 21.5. The van der Waals surface area contributed by atoms with Gasteiger partial charge in [0, 0.05) is 36.2 Å². The Kier molecular flexibility index (Phi) is 6.88. The van der Waals surface area contributed by atoms with E-state index in [9.17, 15) is 19.5 Å². The molecule has 0 unspecified atom stereocenters. The Labute approximate surface area is 171 Å². The van der Waals surface area contributed by atoms with E-state index in [4.69, 9.17) is 27.9 Å². The largest absolute Gasteiger partial charge is 0.506 e. The van der Waals surface area contributed by atoms with Gasteiger partial charge in [-0.1, -0.05) is 23.2 Å². The van der Waals surface area contributed by atoms with Crippen LogP contribution in [0.2, 0.25) is 10.0 Å². The van der Waals surface area contributed by atoms with Crippen LogP contribution in [0, 0.1) is 0 Å². The van der Waals surface area contributed by atoms with Gasteiger partial charge in [-0.2, -0.15) is 0 Å². The second-order valence-electron chi connectivity index (χ2n) is 5.77. The minimum atomic E-state index is -0.698. The molecule has 1 amide bonds. The third kappa shape index (κ3) is 4.94. The van der Waals surface area contributed by atoms with Gasteiger partial charge in [0.05, 0.1) is 18.7 Å². The average Bonchev–Trinajstić information content (AvgIpc) is 2.61. The van der Waals surface area contributed by atoms with Gasteiger partial charge in [-0.15, -0.1) is 0 Å². The molecule has 148 valence electrons. The molecule has 0 fully saturated rings. The number of benzene rings is 2. The average molecular weight is 426 g/mol. The quantitative estimate of drug-likeness (QED) is 0.575. The summed E-state index contributed by atoms with van der Waals surface area (Å²) in [5.74, 6) is -1.97. The number of phenolic OH excluding ortho intramolecular Hbond substituents is 1. The van der Waals surface area contributed by atoms with Crippen LogP contribution in [0.15, 0.2) is 30.3 Å². The van der Waals surface area contributed by atoms with Crippen LogP contribution >= 0.6 is 23.2 Å². The second kappa shape index (κ2) is 8.95. The minimum Gasteiger partial charge on any atom is -0.506 e. The number of esters is 2. The monoisotopic (exact) mass is 425 g/mol. The van der Waals surface area contributed by atoms with Crippen LogP contribution in [0.1, 0.15) is 29.8 Å². The number of amides is 1. The van der Waals surface area contributed by atoms with E-state index in [1.807, 2.05) is 0 Å². The molecule has 0 aliphatic carbocycles. The van der Waals surface area contributed by atoms with Crippen LogP contribution < -0.4 is 9.64 Å². The summed E-state index contributed by atoms with van der Waals surface area (Å²) in [5, 5.41) is 10.5. The molecule has 0 atom stereocenters. The van der Waals surface area contributed by atoms with Crippen molar-refractivity contribution in [2.24, 2.45) is 0 Å². The molecular formula is C19H17Cl2NO6. The summed E-state index contributed by atoms with van der Waals surface area (Å²) in [6, 6.07) is 7.08. The molecule has 0 saturated carbocycles. The van der Waals surface area contributed by atoms with E-state index in [-0.39, 0.29) is 34.5 Å². The van der Waals surface area contributed by atoms with Gasteiger partial charge in [0.2, 0.25) is 5.91 Å². The fourth-order valence-electron chi connectivity index (χ4n) is 2.49. The lowest BCUT2D eigenvalue weighted by Gasteiger charge is -2.23. The zero-order valence-electron chi connectivity index (χ0n) is 15.3. The molecule has 0 saturated heterocycles. The molecule has 2 rings (SSSR count). The first-order valence-electron chi connectivity index (χ1n) is 7.99. The fraction of sp³-hybridized carbons (Fsp3) is 0.211. The molecule has 0 heterocycles. The molecule has 0 aliphatic heterocycles. The first-order valence-corrected chi connectivity index (χ1v) is 8.75. The van der Waals surface area contributed by atoms with E-state index < -0.39 is 11.9 Å². The number of rotatable bonds is 5. The highest BCUT2D eigenvalue weighted by molar-refractivity contribution is 6.35. The number of hydrogen-bond donors (Lipinski definition) is 1. The van der Waals surface area contributed by atoms with Gasteiger partial charge in [-0.05, 0) is 24.3 Å². The van der Waals surface area contributed by atoms with Gasteiger partial charge in [0.1, 0.15) is 17.1 Å². The number of nitrogens with zero attached hydrogens (tertiary/aromatic N) is 1. The van der Waals surface area contributed by atoms with Crippen LogP contribution in [0.3, 0.4) is 0 Å². The van der Waals surface area contributed by atoms with Crippen LogP contribution in [0.25, 0.3) is 0 Å². The third-order valence-corrected chi connectivity index (χ3v) is 4.26. The summed E-state index contributed by atoms with van der Waals surface area (Å²) < 4.78 is 9.75. The van der Waals surface area contributed by atoms with Crippen molar-refractivity contribution in [1.29, 1.82) is 0 Å². The Bertz CT molecular complexity index is 944. The lowest BCUT2D eigenvalue weighted by molar-refractivity contribution is -0.131. The van der Waals surface area contributed by atoms with Crippen LogP contribution in [0.4, 0.5) is 5.69 Å². The maximum atomic E-state index is 12.2. The number of aromatic hydroxyl groups is 1. The van der Waals surface area contributed by atoms with Gasteiger partial charge in [0.25, 0.3) is 0 Å². The molecule has 0 aliphatic rings. The van der Waals surface area contributed by atoms with Gasteiger partial charge >= 0.3 is 11.9 Å². The summed E-state index contributed by atoms with van der Waals surface area (Å²) in [5.41, 5.74) is 0.671. The van der Waals surface area contributed by atoms with Crippen molar-refractivity contribution in [3.63, 3.8) is 0 Å². The van der Waals surface area contributed by atoms with Crippen LogP contribution in [0.5, 0.6) is 11.5 Å². The Hall–Kier alpha value is -2.77. The normalized spacial score (nSPS) is 10.3. The van der Waals surface area contributed by atoms with E-state index >= 15 is 0 Å². The Morgan fingerprint density at radius 1 is 1.11 bits per heavy atom. The maximum absolute atomic E-state index is 12.2. The van der Waals surface area contributed by atoms with Gasteiger partial charge < -0.3 is 19.5 Å². The molecule has 0 spiro atoms. The lowest BCUT2D eigenvalue weighted by Crippen LogP contribution is -2.28. The number of carbonyl (C=O) groups is 3. The predicted molar refractivity (Wildman–Crippen MR) is 104 cm³/mol. The molecule has 0 bridgehead atoms. The topological polar surface area (TPSA) is 93.1 Å². The van der Waals surface area contributed by atoms with Crippen molar-refractivity contribution in [2.45, 2.75) is 20.4 Å². The summed E-state index contributed by atoms with van der Waals surface area (Å²) in [7, 11) is 1.20. The molecule has 0 radical (unpaired) electrons. The number of carbonyl (C=O) groups excluding carboxylic acids is 3. The van der Waals surface area contributed by atoms with Crippen molar-refractivity contribution in [3.8, 4) is 11.5 Å². The smallest absolute Gasteiger partial charge is 0.341 e. The van der Waals surface area contributed by atoms with Crippen LogP contribution in [-0.4, -0.2) is 30.1 Å².